The maximum Gasteiger partial charge on any atom is 0.293 e. The average molecular weight is 492 g/mol. The van der Waals surface area contributed by atoms with Crippen molar-refractivity contribution in [3.05, 3.63) is 77.4 Å². The Bertz CT molecular complexity index is 1300. The van der Waals surface area contributed by atoms with Crippen LogP contribution < -0.4 is 10.2 Å². The minimum Gasteiger partial charge on any atom is -0.359 e. The summed E-state index contributed by atoms with van der Waals surface area (Å²) < 4.78 is 31.5. The van der Waals surface area contributed by atoms with Gasteiger partial charge < -0.3 is 10.2 Å². The van der Waals surface area contributed by atoms with Gasteiger partial charge in [0, 0.05) is 50.3 Å². The topological polar surface area (TPSA) is 52.7 Å². The summed E-state index contributed by atoms with van der Waals surface area (Å²) in [6.45, 7) is 2.88. The number of carbonyl (C=O) groups excluding carboxylic acids is 2. The molecule has 0 bridgehead atoms. The highest BCUT2D eigenvalue weighted by Crippen LogP contribution is 2.54. The van der Waals surface area contributed by atoms with E-state index in [0.29, 0.717) is 36.9 Å². The van der Waals surface area contributed by atoms with Crippen molar-refractivity contribution in [1.29, 1.82) is 0 Å². The molecule has 7 heteroatoms. The molecule has 5 nitrogen and oxygen atoms in total. The van der Waals surface area contributed by atoms with Gasteiger partial charge in [-0.1, -0.05) is 54.6 Å². The van der Waals surface area contributed by atoms with E-state index in [1.807, 2.05) is 60.4 Å². The first-order valence-corrected chi connectivity index (χ1v) is 12.5. The Hall–Kier alpha value is -3.32. The number of nitrogens with zero attached hydrogens (tertiary/aromatic N) is 2. The van der Waals surface area contributed by atoms with Crippen LogP contribution in [0.3, 0.4) is 0 Å². The van der Waals surface area contributed by atoms with E-state index in [4.69, 9.17) is 0 Å². The number of aryl methyl sites for hydroxylation is 1. The summed E-state index contributed by atoms with van der Waals surface area (Å²) in [5.41, 5.74) is 2.58. The number of amides is 2. The molecule has 0 unspecified atom stereocenters. The second-order valence-corrected chi connectivity index (χ2v) is 9.77. The van der Waals surface area contributed by atoms with E-state index in [-0.39, 0.29) is 36.3 Å². The standard InChI is InChI=1S/C29H31F2N3O2/c1-19-7-3-4-12-24(19)34(26(36)14-13-25(35)32-2)21-15-17-33(18-16-21)28-22-10-5-8-20-9-6-11-23(27(20)22)29(28,30)31/h3-12,21,28H,13-18H2,1-2H3,(H,32,35)/t28-/m1/s1. The maximum absolute atomic E-state index is 15.7. The number of hydrogen-bond acceptors (Lipinski definition) is 3. The Kier molecular flexibility index (Phi) is 6.51. The number of nitrogens with one attached hydrogen (secondary N) is 1. The van der Waals surface area contributed by atoms with E-state index >= 15 is 8.78 Å². The van der Waals surface area contributed by atoms with Crippen molar-refractivity contribution in [2.45, 2.75) is 50.6 Å². The van der Waals surface area contributed by atoms with E-state index in [1.54, 1.807) is 24.1 Å². The highest BCUT2D eigenvalue weighted by atomic mass is 19.3. The van der Waals surface area contributed by atoms with Crippen molar-refractivity contribution in [3.8, 4) is 0 Å². The van der Waals surface area contributed by atoms with Crippen LogP contribution in [0.4, 0.5) is 14.5 Å². The first-order valence-electron chi connectivity index (χ1n) is 12.5. The first kappa shape index (κ1) is 24.4. The van der Waals surface area contributed by atoms with Gasteiger partial charge in [-0.25, -0.2) is 0 Å². The van der Waals surface area contributed by atoms with E-state index in [1.165, 1.54) is 0 Å². The molecule has 1 heterocycles. The number of carbonyl (C=O) groups is 2. The van der Waals surface area contributed by atoms with Crippen LogP contribution in [0.5, 0.6) is 0 Å². The molecule has 1 saturated heterocycles. The number of piperidine rings is 1. The quantitative estimate of drug-likeness (QED) is 0.508. The lowest BCUT2D eigenvalue weighted by atomic mass is 9.96. The van der Waals surface area contributed by atoms with Gasteiger partial charge in [0.1, 0.15) is 6.04 Å². The maximum atomic E-state index is 15.7. The molecule has 1 fully saturated rings. The van der Waals surface area contributed by atoms with E-state index in [9.17, 15) is 9.59 Å². The van der Waals surface area contributed by atoms with Gasteiger partial charge >= 0.3 is 0 Å². The number of benzene rings is 3. The third-order valence-electron chi connectivity index (χ3n) is 7.65. The van der Waals surface area contributed by atoms with Crippen LogP contribution >= 0.6 is 0 Å². The number of para-hydroxylation sites is 1. The molecule has 0 saturated carbocycles. The lowest BCUT2D eigenvalue weighted by Gasteiger charge is -2.42. The molecule has 1 aliphatic carbocycles. The molecular formula is C29H31F2N3O2. The van der Waals surface area contributed by atoms with E-state index in [0.717, 1.165) is 16.6 Å². The fraction of sp³-hybridized carbons (Fsp3) is 0.379. The monoisotopic (exact) mass is 491 g/mol. The minimum atomic E-state index is -2.98. The smallest absolute Gasteiger partial charge is 0.293 e. The second-order valence-electron chi connectivity index (χ2n) is 9.77. The van der Waals surface area contributed by atoms with Crippen molar-refractivity contribution in [2.24, 2.45) is 0 Å². The summed E-state index contributed by atoms with van der Waals surface area (Å²) in [4.78, 5) is 28.8. The van der Waals surface area contributed by atoms with Crippen molar-refractivity contribution in [1.82, 2.24) is 10.2 Å². The average Bonchev–Trinajstić information content (AvgIpc) is 3.12. The number of alkyl halides is 2. The van der Waals surface area contributed by atoms with Gasteiger partial charge in [-0.15, -0.1) is 0 Å². The molecule has 0 aromatic heterocycles. The molecule has 0 radical (unpaired) electrons. The van der Waals surface area contributed by atoms with Gasteiger partial charge in [0.25, 0.3) is 5.92 Å². The van der Waals surface area contributed by atoms with Crippen LogP contribution in [0.15, 0.2) is 60.7 Å². The van der Waals surface area contributed by atoms with Crippen LogP contribution in [0.25, 0.3) is 10.8 Å². The van der Waals surface area contributed by atoms with Crippen LogP contribution in [0.2, 0.25) is 0 Å². The third-order valence-corrected chi connectivity index (χ3v) is 7.65. The van der Waals surface area contributed by atoms with Gasteiger partial charge in [0.15, 0.2) is 0 Å². The van der Waals surface area contributed by atoms with Gasteiger partial charge in [-0.3, -0.25) is 14.5 Å². The molecule has 5 rings (SSSR count). The summed E-state index contributed by atoms with van der Waals surface area (Å²) >= 11 is 0. The Morgan fingerprint density at radius 1 is 1.00 bits per heavy atom. The minimum absolute atomic E-state index is 0.103. The lowest BCUT2D eigenvalue weighted by Crippen LogP contribution is -2.50. The van der Waals surface area contributed by atoms with E-state index < -0.39 is 12.0 Å². The molecule has 36 heavy (non-hydrogen) atoms. The Labute approximate surface area is 210 Å². The van der Waals surface area contributed by atoms with Gasteiger partial charge in [-0.05, 0) is 47.7 Å². The number of anilines is 1. The number of rotatable bonds is 6. The van der Waals surface area contributed by atoms with Crippen LogP contribution in [-0.4, -0.2) is 42.9 Å². The Balaban J connectivity index is 1.38. The molecule has 3 aromatic carbocycles. The fourth-order valence-corrected chi connectivity index (χ4v) is 5.88. The second kappa shape index (κ2) is 9.62. The Morgan fingerprint density at radius 2 is 1.69 bits per heavy atom. The van der Waals surface area contributed by atoms with Gasteiger partial charge in [-0.2, -0.15) is 8.78 Å². The molecule has 1 atom stereocenters. The highest BCUT2D eigenvalue weighted by molar-refractivity contribution is 5.96. The SMILES string of the molecule is CNC(=O)CCC(=O)N(c1ccccc1C)C1CCN([C@@H]2c3cccc4cccc(c34)C2(F)F)CC1. The molecule has 2 aliphatic rings. The van der Waals surface area contributed by atoms with Crippen LogP contribution in [-0.2, 0) is 15.5 Å². The normalized spacial score (nSPS) is 19.4. The summed E-state index contributed by atoms with van der Waals surface area (Å²) in [7, 11) is 1.55. The van der Waals surface area contributed by atoms with E-state index in [2.05, 4.69) is 5.32 Å². The van der Waals surface area contributed by atoms with Gasteiger partial charge in [0.05, 0.1) is 0 Å². The molecule has 1 aliphatic heterocycles. The molecule has 0 spiro atoms. The van der Waals surface area contributed by atoms with Crippen molar-refractivity contribution in [3.63, 3.8) is 0 Å². The van der Waals surface area contributed by atoms with Crippen LogP contribution in [0, 0.1) is 6.92 Å². The predicted octanol–water partition coefficient (Wildman–Crippen LogP) is 5.32. The fourth-order valence-electron chi connectivity index (χ4n) is 5.88. The molecular weight excluding hydrogens is 460 g/mol. The summed E-state index contributed by atoms with van der Waals surface area (Å²) in [5.74, 6) is -3.27. The van der Waals surface area contributed by atoms with Crippen molar-refractivity contribution in [2.75, 3.05) is 25.0 Å². The molecule has 1 N–H and O–H groups in total. The highest BCUT2D eigenvalue weighted by Gasteiger charge is 2.52. The summed E-state index contributed by atoms with van der Waals surface area (Å²) in [5, 5.41) is 4.07. The van der Waals surface area contributed by atoms with Crippen molar-refractivity contribution < 1.29 is 18.4 Å². The first-order chi connectivity index (χ1) is 17.3. The Morgan fingerprint density at radius 3 is 2.39 bits per heavy atom. The predicted molar refractivity (Wildman–Crippen MR) is 137 cm³/mol. The summed E-state index contributed by atoms with van der Waals surface area (Å²) in [6, 6.07) is 17.3. The number of halogens is 2. The number of hydrogen-bond donors (Lipinski definition) is 1. The zero-order chi connectivity index (χ0) is 25.4. The third kappa shape index (κ3) is 4.15. The molecule has 3 aromatic rings. The largest absolute Gasteiger partial charge is 0.359 e. The zero-order valence-corrected chi connectivity index (χ0v) is 20.6. The molecule has 188 valence electrons. The van der Waals surface area contributed by atoms with Crippen LogP contribution in [0.1, 0.15) is 48.4 Å². The lowest BCUT2D eigenvalue weighted by molar-refractivity contribution is -0.125. The zero-order valence-electron chi connectivity index (χ0n) is 20.6. The van der Waals surface area contributed by atoms with Gasteiger partial charge in [0.2, 0.25) is 11.8 Å². The summed E-state index contributed by atoms with van der Waals surface area (Å²) in [6.07, 6.45) is 1.39. The number of likely N-dealkylation sites (tertiary alicyclic amines) is 1. The molecule has 2 amide bonds. The van der Waals surface area contributed by atoms with Crippen molar-refractivity contribution >= 4 is 28.3 Å².